The monoisotopic (exact) mass is 423 g/mol. The van der Waals surface area contributed by atoms with E-state index >= 15 is 0 Å². The van der Waals surface area contributed by atoms with Gasteiger partial charge < -0.3 is 4.74 Å². The summed E-state index contributed by atoms with van der Waals surface area (Å²) in [5.41, 5.74) is 1.89. The molecule has 1 fully saturated rings. The van der Waals surface area contributed by atoms with Crippen molar-refractivity contribution in [2.24, 2.45) is 0 Å². The average Bonchev–Trinajstić information content (AvgIpc) is 2.78. The van der Waals surface area contributed by atoms with E-state index in [0.29, 0.717) is 18.7 Å². The van der Waals surface area contributed by atoms with Crippen molar-refractivity contribution < 1.29 is 17.9 Å². The van der Waals surface area contributed by atoms with Crippen LogP contribution in [0.3, 0.4) is 0 Å². The number of hydrogen-bond acceptors (Lipinski definition) is 4. The number of benzene rings is 3. The van der Waals surface area contributed by atoms with Crippen molar-refractivity contribution >= 4 is 26.8 Å². The Balaban J connectivity index is 1.56. The van der Waals surface area contributed by atoms with Crippen LogP contribution in [-0.2, 0) is 21.4 Å². The van der Waals surface area contributed by atoms with Crippen molar-refractivity contribution in [2.75, 3.05) is 13.1 Å². The first-order valence-electron chi connectivity index (χ1n) is 10.2. The molecule has 0 unspecified atom stereocenters. The highest BCUT2D eigenvalue weighted by Crippen LogP contribution is 2.24. The summed E-state index contributed by atoms with van der Waals surface area (Å²) in [5.74, 6) is -0.517. The number of nitrogens with zero attached hydrogens (tertiary/aromatic N) is 1. The van der Waals surface area contributed by atoms with Gasteiger partial charge in [0.2, 0.25) is 10.0 Å². The van der Waals surface area contributed by atoms with Gasteiger partial charge in [-0.05, 0) is 53.8 Å². The minimum Gasteiger partial charge on any atom is -0.457 e. The number of carbonyl (C=O) groups is 1. The molecule has 0 atom stereocenters. The number of aryl methyl sites for hydroxylation is 1. The maximum atomic E-state index is 13.0. The third-order valence-corrected chi connectivity index (χ3v) is 7.52. The zero-order valence-electron chi connectivity index (χ0n) is 17.0. The van der Waals surface area contributed by atoms with Gasteiger partial charge in [0.25, 0.3) is 0 Å². The van der Waals surface area contributed by atoms with Crippen LogP contribution in [0.5, 0.6) is 0 Å². The minimum absolute atomic E-state index is 0.128. The molecular formula is C24H25NO4S. The van der Waals surface area contributed by atoms with Gasteiger partial charge in [-0.3, -0.25) is 0 Å². The second-order valence-corrected chi connectivity index (χ2v) is 9.59. The lowest BCUT2D eigenvalue weighted by atomic mass is 10.1. The van der Waals surface area contributed by atoms with E-state index in [1.807, 2.05) is 42.5 Å². The van der Waals surface area contributed by atoms with E-state index in [2.05, 4.69) is 0 Å². The van der Waals surface area contributed by atoms with Crippen molar-refractivity contribution in [2.45, 2.75) is 37.7 Å². The number of fused-ring (bicyclic) bond motifs is 1. The summed E-state index contributed by atoms with van der Waals surface area (Å²) in [6.07, 6.45) is 2.78. The second-order valence-electron chi connectivity index (χ2n) is 7.66. The normalized spacial score (nSPS) is 15.2. The standard InChI is InChI=1S/C24H25NO4S/c1-18-12-13-21(30(27,28)25-14-5-2-6-15-25)16-23(18)24(26)29-17-20-10-7-9-19-8-3-4-11-22(19)20/h3-4,7-13,16H,2,5-6,14-15,17H2,1H3. The summed E-state index contributed by atoms with van der Waals surface area (Å²) in [6.45, 7) is 2.96. The highest BCUT2D eigenvalue weighted by Gasteiger charge is 2.27. The Hall–Kier alpha value is -2.70. The van der Waals surface area contributed by atoms with Crippen molar-refractivity contribution in [3.8, 4) is 0 Å². The van der Waals surface area contributed by atoms with Crippen LogP contribution in [0, 0.1) is 6.92 Å². The molecule has 1 aliphatic rings. The first-order valence-corrected chi connectivity index (χ1v) is 11.7. The van der Waals surface area contributed by atoms with Crippen molar-refractivity contribution in [3.63, 3.8) is 0 Å². The molecule has 0 N–H and O–H groups in total. The highest BCUT2D eigenvalue weighted by atomic mass is 32.2. The Labute approximate surface area is 177 Å². The number of esters is 1. The number of rotatable bonds is 5. The third-order valence-electron chi connectivity index (χ3n) is 5.62. The molecule has 6 heteroatoms. The van der Waals surface area contributed by atoms with Crippen LogP contribution in [0.25, 0.3) is 10.8 Å². The Bertz CT molecular complexity index is 1180. The summed E-state index contributed by atoms with van der Waals surface area (Å²) < 4.78 is 33.0. The van der Waals surface area contributed by atoms with E-state index in [9.17, 15) is 13.2 Å². The van der Waals surface area contributed by atoms with E-state index in [-0.39, 0.29) is 17.1 Å². The SMILES string of the molecule is Cc1ccc(S(=O)(=O)N2CCCCC2)cc1C(=O)OCc1cccc2ccccc12. The number of sulfonamides is 1. The molecule has 1 saturated heterocycles. The molecule has 0 aliphatic carbocycles. The van der Waals surface area contributed by atoms with E-state index in [0.717, 1.165) is 35.6 Å². The Morgan fingerprint density at radius 2 is 1.70 bits per heavy atom. The fraction of sp³-hybridized carbons (Fsp3) is 0.292. The Morgan fingerprint density at radius 3 is 2.50 bits per heavy atom. The molecule has 3 aromatic rings. The minimum atomic E-state index is -3.61. The number of ether oxygens (including phenoxy) is 1. The summed E-state index contributed by atoms with van der Waals surface area (Å²) in [6, 6.07) is 18.5. The summed E-state index contributed by atoms with van der Waals surface area (Å²) in [7, 11) is -3.61. The molecule has 5 nitrogen and oxygen atoms in total. The van der Waals surface area contributed by atoms with Gasteiger partial charge in [0.15, 0.2) is 0 Å². The number of hydrogen-bond donors (Lipinski definition) is 0. The molecule has 4 rings (SSSR count). The zero-order valence-corrected chi connectivity index (χ0v) is 17.8. The molecular weight excluding hydrogens is 398 g/mol. The van der Waals surface area contributed by atoms with Gasteiger partial charge in [0, 0.05) is 13.1 Å². The zero-order chi connectivity index (χ0) is 21.1. The smallest absolute Gasteiger partial charge is 0.338 e. The van der Waals surface area contributed by atoms with Crippen LogP contribution in [0.4, 0.5) is 0 Å². The summed E-state index contributed by atoms with van der Waals surface area (Å²) in [4.78, 5) is 12.9. The van der Waals surface area contributed by atoms with Gasteiger partial charge in [-0.15, -0.1) is 0 Å². The molecule has 3 aromatic carbocycles. The van der Waals surface area contributed by atoms with Gasteiger partial charge in [0.1, 0.15) is 6.61 Å². The average molecular weight is 424 g/mol. The predicted octanol–water partition coefficient (Wildman–Crippen LogP) is 4.68. The van der Waals surface area contributed by atoms with E-state index in [1.54, 1.807) is 19.1 Å². The van der Waals surface area contributed by atoms with Gasteiger partial charge in [-0.1, -0.05) is 55.0 Å². The first-order chi connectivity index (χ1) is 14.5. The molecule has 1 aliphatic heterocycles. The van der Waals surface area contributed by atoms with E-state index in [1.165, 1.54) is 10.4 Å². The van der Waals surface area contributed by atoms with Gasteiger partial charge in [-0.25, -0.2) is 13.2 Å². The number of carbonyl (C=O) groups excluding carboxylic acids is 1. The quantitative estimate of drug-likeness (QED) is 0.559. The molecule has 1 heterocycles. The topological polar surface area (TPSA) is 63.7 Å². The summed E-state index contributed by atoms with van der Waals surface area (Å²) in [5, 5.41) is 2.11. The van der Waals surface area contributed by atoms with Crippen molar-refractivity contribution in [1.82, 2.24) is 4.31 Å². The van der Waals surface area contributed by atoms with Crippen molar-refractivity contribution in [1.29, 1.82) is 0 Å². The van der Waals surface area contributed by atoms with E-state index < -0.39 is 16.0 Å². The van der Waals surface area contributed by atoms with Gasteiger partial charge in [0.05, 0.1) is 10.5 Å². The van der Waals surface area contributed by atoms with Crippen LogP contribution < -0.4 is 0 Å². The third kappa shape index (κ3) is 4.11. The molecule has 0 aromatic heterocycles. The molecule has 0 spiro atoms. The Kier molecular flexibility index (Phi) is 5.88. The fourth-order valence-corrected chi connectivity index (χ4v) is 5.42. The van der Waals surface area contributed by atoms with Crippen LogP contribution in [0.1, 0.15) is 40.7 Å². The molecule has 0 amide bonds. The maximum Gasteiger partial charge on any atom is 0.338 e. The number of piperidine rings is 1. The van der Waals surface area contributed by atoms with Crippen LogP contribution in [0.15, 0.2) is 65.6 Å². The van der Waals surface area contributed by atoms with Crippen LogP contribution in [0.2, 0.25) is 0 Å². The lowest BCUT2D eigenvalue weighted by molar-refractivity contribution is 0.0473. The molecule has 0 radical (unpaired) electrons. The lowest BCUT2D eigenvalue weighted by Crippen LogP contribution is -2.35. The van der Waals surface area contributed by atoms with E-state index in [4.69, 9.17) is 4.74 Å². The van der Waals surface area contributed by atoms with Gasteiger partial charge in [-0.2, -0.15) is 4.31 Å². The second kappa shape index (κ2) is 8.58. The lowest BCUT2D eigenvalue weighted by Gasteiger charge is -2.26. The predicted molar refractivity (Wildman–Crippen MR) is 117 cm³/mol. The van der Waals surface area contributed by atoms with Crippen LogP contribution in [-0.4, -0.2) is 31.8 Å². The molecule has 0 saturated carbocycles. The largest absolute Gasteiger partial charge is 0.457 e. The molecule has 156 valence electrons. The maximum absolute atomic E-state index is 13.0. The summed E-state index contributed by atoms with van der Waals surface area (Å²) >= 11 is 0. The van der Waals surface area contributed by atoms with Crippen molar-refractivity contribution in [3.05, 3.63) is 77.4 Å². The van der Waals surface area contributed by atoms with Gasteiger partial charge >= 0.3 is 5.97 Å². The fourth-order valence-electron chi connectivity index (χ4n) is 3.88. The first kappa shape index (κ1) is 20.6. The van der Waals surface area contributed by atoms with Crippen LogP contribution >= 0.6 is 0 Å². The highest BCUT2D eigenvalue weighted by molar-refractivity contribution is 7.89. The molecule has 30 heavy (non-hydrogen) atoms. The molecule has 0 bridgehead atoms. The Morgan fingerprint density at radius 1 is 0.967 bits per heavy atom.